The number of hydrogen-bond donors (Lipinski definition) is 0. The summed E-state index contributed by atoms with van der Waals surface area (Å²) in [7, 11) is 0.158. The molecule has 0 aromatic rings. The van der Waals surface area contributed by atoms with E-state index in [1.54, 1.807) is 4.90 Å². The minimum Gasteiger partial charge on any atom is -0.748 e. The normalized spacial score (nSPS) is 12.3. The van der Waals surface area contributed by atoms with E-state index in [0.717, 1.165) is 17.6 Å². The van der Waals surface area contributed by atoms with Crippen LogP contribution >= 0.6 is 0 Å². The van der Waals surface area contributed by atoms with Crippen LogP contribution in [0.3, 0.4) is 0 Å². The first-order valence-electron chi connectivity index (χ1n) is 14.1. The monoisotopic (exact) mass is 504 g/mol. The quantitative estimate of drug-likeness (QED) is 0.0903. The lowest BCUT2D eigenvalue weighted by Gasteiger charge is -2.32. The molecule has 0 saturated heterocycles. The number of hydrogen-bond acceptors (Lipinski definition) is 4. The van der Waals surface area contributed by atoms with Crippen LogP contribution in [0.15, 0.2) is 0 Å². The van der Waals surface area contributed by atoms with Gasteiger partial charge in [0.15, 0.2) is 0 Å². The van der Waals surface area contributed by atoms with E-state index in [4.69, 9.17) is 0 Å². The lowest BCUT2D eigenvalue weighted by atomic mass is 10.0. The lowest BCUT2D eigenvalue weighted by Crippen LogP contribution is -2.47. The molecule has 1 amide bonds. The number of likely N-dealkylation sites (N-methyl/N-ethyl adjacent to an activating group) is 1. The third-order valence-electron chi connectivity index (χ3n) is 6.86. The zero-order valence-electron chi connectivity index (χ0n) is 23.0. The summed E-state index contributed by atoms with van der Waals surface area (Å²) in [5, 5.41) is 0. The number of rotatable bonds is 24. The Morgan fingerprint density at radius 2 is 1.09 bits per heavy atom. The maximum absolute atomic E-state index is 11.8. The van der Waals surface area contributed by atoms with Crippen molar-refractivity contribution in [3.05, 3.63) is 0 Å². The highest BCUT2D eigenvalue weighted by Gasteiger charge is 2.18. The number of amides is 1. The molecule has 0 aliphatic rings. The van der Waals surface area contributed by atoms with Crippen LogP contribution in [0.4, 0.5) is 0 Å². The molecule has 0 atom stereocenters. The Morgan fingerprint density at radius 3 is 1.47 bits per heavy atom. The van der Waals surface area contributed by atoms with Gasteiger partial charge in [0.1, 0.15) is 0 Å². The van der Waals surface area contributed by atoms with Crippen LogP contribution in [0.1, 0.15) is 123 Å². The SMILES string of the molecule is CCCCCCCCCCCCCCCCCC[N+](C)(C)CCN(CCCS(=O)(=O)[O-])C(C)=O. The Kier molecular flexibility index (Phi) is 20.1. The molecule has 7 heteroatoms. The van der Waals surface area contributed by atoms with E-state index in [0.29, 0.717) is 13.1 Å². The molecule has 0 aliphatic heterocycles. The Labute approximate surface area is 212 Å². The molecular formula is C27H56N2O4S. The van der Waals surface area contributed by atoms with E-state index in [1.165, 1.54) is 110 Å². The fraction of sp³-hybridized carbons (Fsp3) is 0.963. The van der Waals surface area contributed by atoms with E-state index in [9.17, 15) is 17.8 Å². The van der Waals surface area contributed by atoms with Gasteiger partial charge in [0.05, 0.1) is 43.8 Å². The smallest absolute Gasteiger partial charge is 0.219 e. The van der Waals surface area contributed by atoms with Crippen molar-refractivity contribution in [1.29, 1.82) is 0 Å². The summed E-state index contributed by atoms with van der Waals surface area (Å²) in [6, 6.07) is 0. The highest BCUT2D eigenvalue weighted by atomic mass is 32.2. The average Bonchev–Trinajstić information content (AvgIpc) is 2.74. The van der Waals surface area contributed by atoms with Crippen LogP contribution in [0.5, 0.6) is 0 Å². The Morgan fingerprint density at radius 1 is 0.676 bits per heavy atom. The van der Waals surface area contributed by atoms with Crippen LogP contribution in [0.25, 0.3) is 0 Å². The Hall–Kier alpha value is -0.660. The second-order valence-corrected chi connectivity index (χ2v) is 12.3. The molecule has 0 heterocycles. The van der Waals surface area contributed by atoms with Crippen molar-refractivity contribution in [3.63, 3.8) is 0 Å². The molecule has 0 spiro atoms. The van der Waals surface area contributed by atoms with Gasteiger partial charge in [-0.2, -0.15) is 0 Å². The van der Waals surface area contributed by atoms with E-state index in [-0.39, 0.29) is 12.3 Å². The number of quaternary nitrogens is 1. The Bertz CT molecular complexity index is 593. The van der Waals surface area contributed by atoms with E-state index >= 15 is 0 Å². The number of carbonyl (C=O) groups excluding carboxylic acids is 1. The summed E-state index contributed by atoms with van der Waals surface area (Å²) in [5.41, 5.74) is 0. The molecular weight excluding hydrogens is 448 g/mol. The molecule has 0 fully saturated rings. The van der Waals surface area contributed by atoms with Crippen LogP contribution in [-0.4, -0.2) is 74.3 Å². The van der Waals surface area contributed by atoms with Crippen molar-refractivity contribution in [2.75, 3.05) is 46.0 Å². The topological polar surface area (TPSA) is 77.5 Å². The standard InChI is InChI=1S/C27H56N2O4S/c1-5-6-7-8-9-10-11-12-13-14-15-16-17-18-19-20-24-29(3,4)25-23-28(27(2)30)22-21-26-34(31,32)33/h5-26H2,1-4H3. The number of nitrogens with zero attached hydrogens (tertiary/aromatic N) is 2. The number of carbonyl (C=O) groups is 1. The molecule has 0 aromatic carbocycles. The van der Waals surface area contributed by atoms with E-state index in [2.05, 4.69) is 21.0 Å². The van der Waals surface area contributed by atoms with Gasteiger partial charge in [-0.05, 0) is 19.3 Å². The fourth-order valence-electron chi connectivity index (χ4n) is 4.45. The van der Waals surface area contributed by atoms with Crippen molar-refractivity contribution in [3.8, 4) is 0 Å². The summed E-state index contributed by atoms with van der Waals surface area (Å²) in [5.74, 6) is -0.473. The summed E-state index contributed by atoms with van der Waals surface area (Å²) in [6.07, 6.45) is 22.1. The van der Waals surface area contributed by atoms with Gasteiger partial charge in [-0.1, -0.05) is 96.8 Å². The van der Waals surface area contributed by atoms with Gasteiger partial charge in [0, 0.05) is 19.2 Å². The molecule has 0 saturated carbocycles. The maximum Gasteiger partial charge on any atom is 0.219 e. The predicted octanol–water partition coefficient (Wildman–Crippen LogP) is 6.11. The molecule has 0 aromatic heterocycles. The minimum absolute atomic E-state index is 0.0642. The average molecular weight is 505 g/mol. The van der Waals surface area contributed by atoms with Gasteiger partial charge in [0.25, 0.3) is 0 Å². The van der Waals surface area contributed by atoms with Crippen LogP contribution < -0.4 is 0 Å². The summed E-state index contributed by atoms with van der Waals surface area (Å²) in [4.78, 5) is 13.5. The van der Waals surface area contributed by atoms with E-state index in [1.807, 2.05) is 0 Å². The summed E-state index contributed by atoms with van der Waals surface area (Å²) < 4.78 is 33.1. The van der Waals surface area contributed by atoms with E-state index < -0.39 is 15.9 Å². The van der Waals surface area contributed by atoms with Gasteiger partial charge in [-0.25, -0.2) is 8.42 Å². The first-order valence-corrected chi connectivity index (χ1v) is 15.7. The Balaban J connectivity index is 3.66. The minimum atomic E-state index is -4.21. The van der Waals surface area contributed by atoms with Crippen LogP contribution in [0.2, 0.25) is 0 Å². The molecule has 6 nitrogen and oxygen atoms in total. The van der Waals surface area contributed by atoms with Gasteiger partial charge >= 0.3 is 0 Å². The second-order valence-electron chi connectivity index (χ2n) is 10.8. The predicted molar refractivity (Wildman–Crippen MR) is 143 cm³/mol. The lowest BCUT2D eigenvalue weighted by molar-refractivity contribution is -0.889. The van der Waals surface area contributed by atoms with Crippen LogP contribution in [-0.2, 0) is 14.9 Å². The molecule has 0 rings (SSSR count). The zero-order chi connectivity index (χ0) is 25.7. The zero-order valence-corrected chi connectivity index (χ0v) is 23.8. The van der Waals surface area contributed by atoms with Crippen LogP contribution in [0, 0.1) is 0 Å². The second kappa shape index (κ2) is 20.5. The summed E-state index contributed by atoms with van der Waals surface area (Å²) in [6.45, 7) is 6.62. The molecule has 34 heavy (non-hydrogen) atoms. The van der Waals surface area contributed by atoms with Gasteiger partial charge in [-0.15, -0.1) is 0 Å². The molecule has 0 N–H and O–H groups in total. The van der Waals surface area contributed by atoms with Gasteiger partial charge < -0.3 is 13.9 Å². The fourth-order valence-corrected chi connectivity index (χ4v) is 4.93. The molecule has 0 aliphatic carbocycles. The summed E-state index contributed by atoms with van der Waals surface area (Å²) >= 11 is 0. The molecule has 0 radical (unpaired) electrons. The number of unbranched alkanes of at least 4 members (excludes halogenated alkanes) is 15. The largest absolute Gasteiger partial charge is 0.748 e. The van der Waals surface area contributed by atoms with Crippen molar-refractivity contribution < 1.29 is 22.2 Å². The molecule has 204 valence electrons. The van der Waals surface area contributed by atoms with Crippen molar-refractivity contribution in [1.82, 2.24) is 4.90 Å². The third kappa shape index (κ3) is 23.1. The van der Waals surface area contributed by atoms with Gasteiger partial charge in [0.2, 0.25) is 5.91 Å². The highest BCUT2D eigenvalue weighted by Crippen LogP contribution is 2.14. The highest BCUT2D eigenvalue weighted by molar-refractivity contribution is 7.85. The van der Waals surface area contributed by atoms with Crippen molar-refractivity contribution in [2.45, 2.75) is 123 Å². The third-order valence-corrected chi connectivity index (χ3v) is 7.65. The maximum atomic E-state index is 11.8. The first-order chi connectivity index (χ1) is 16.1. The van der Waals surface area contributed by atoms with Crippen molar-refractivity contribution in [2.24, 2.45) is 0 Å². The molecule has 0 bridgehead atoms. The molecule has 0 unspecified atom stereocenters. The first kappa shape index (κ1) is 33.3. The van der Waals surface area contributed by atoms with Gasteiger partial charge in [-0.3, -0.25) is 4.79 Å². The van der Waals surface area contributed by atoms with Crippen molar-refractivity contribution >= 4 is 16.0 Å².